The van der Waals surface area contributed by atoms with Crippen LogP contribution in [-0.2, 0) is 13.2 Å². The van der Waals surface area contributed by atoms with Gasteiger partial charge in [-0.3, -0.25) is 0 Å². The van der Waals surface area contributed by atoms with E-state index in [-0.39, 0.29) is 11.6 Å². The van der Waals surface area contributed by atoms with Gasteiger partial charge >= 0.3 is 0 Å². The number of rotatable bonds is 4. The van der Waals surface area contributed by atoms with Crippen LogP contribution in [0.4, 0.5) is 4.39 Å². The highest BCUT2D eigenvalue weighted by Crippen LogP contribution is 2.32. The van der Waals surface area contributed by atoms with Gasteiger partial charge in [-0.1, -0.05) is 24.3 Å². The Morgan fingerprint density at radius 2 is 2.00 bits per heavy atom. The van der Waals surface area contributed by atoms with Crippen LogP contribution >= 0.6 is 11.3 Å². The van der Waals surface area contributed by atoms with Crippen LogP contribution in [0.2, 0.25) is 0 Å². The summed E-state index contributed by atoms with van der Waals surface area (Å²) in [6.07, 6.45) is 0. The highest BCUT2D eigenvalue weighted by Gasteiger charge is 2.12. The van der Waals surface area contributed by atoms with Gasteiger partial charge in [-0.25, -0.2) is 4.39 Å². The van der Waals surface area contributed by atoms with Gasteiger partial charge in [0.15, 0.2) is 11.6 Å². The first-order chi connectivity index (χ1) is 10.2. The Hall–Kier alpha value is -1.91. The van der Waals surface area contributed by atoms with Gasteiger partial charge in [0.05, 0.1) is 0 Å². The minimum absolute atomic E-state index is 0.285. The first kappa shape index (κ1) is 14.0. The molecule has 0 amide bonds. The van der Waals surface area contributed by atoms with E-state index in [0.717, 1.165) is 21.4 Å². The van der Waals surface area contributed by atoms with E-state index < -0.39 is 0 Å². The molecule has 1 aromatic heterocycles. The average Bonchev–Trinajstić information content (AvgIpc) is 2.86. The fourth-order valence-electron chi connectivity index (χ4n) is 2.34. The zero-order chi connectivity index (χ0) is 14.8. The summed E-state index contributed by atoms with van der Waals surface area (Å²) in [5.74, 6) is -0.0531. The van der Waals surface area contributed by atoms with Gasteiger partial charge in [0.1, 0.15) is 6.61 Å². The first-order valence-electron chi connectivity index (χ1n) is 6.77. The number of thiophene rings is 1. The summed E-state index contributed by atoms with van der Waals surface area (Å²) in [7, 11) is 0. The van der Waals surface area contributed by atoms with Gasteiger partial charge in [-0.05, 0) is 36.1 Å². The second kappa shape index (κ2) is 5.84. The van der Waals surface area contributed by atoms with Crippen molar-refractivity contribution in [3.63, 3.8) is 0 Å². The van der Waals surface area contributed by atoms with Crippen molar-refractivity contribution in [2.24, 2.45) is 5.73 Å². The number of hydrogen-bond acceptors (Lipinski definition) is 3. The second-order valence-corrected chi connectivity index (χ2v) is 6.06. The summed E-state index contributed by atoms with van der Waals surface area (Å²) < 4.78 is 20.6. The molecular formula is C17H16FNOS. The van der Waals surface area contributed by atoms with Gasteiger partial charge in [0, 0.05) is 21.7 Å². The fraction of sp³-hybridized carbons (Fsp3) is 0.176. The molecule has 0 unspecified atom stereocenters. The van der Waals surface area contributed by atoms with E-state index in [9.17, 15) is 4.39 Å². The molecule has 0 fully saturated rings. The topological polar surface area (TPSA) is 35.2 Å². The number of aryl methyl sites for hydroxylation is 1. The van der Waals surface area contributed by atoms with Crippen molar-refractivity contribution < 1.29 is 9.13 Å². The van der Waals surface area contributed by atoms with Crippen molar-refractivity contribution in [2.45, 2.75) is 20.1 Å². The Kier molecular flexibility index (Phi) is 3.90. The third-order valence-corrected chi connectivity index (χ3v) is 4.66. The van der Waals surface area contributed by atoms with Gasteiger partial charge in [-0.2, -0.15) is 0 Å². The van der Waals surface area contributed by atoms with Crippen molar-refractivity contribution in [1.82, 2.24) is 0 Å². The standard InChI is InChI=1S/C17H16FNOS/c1-11-6-7-14(18)15(8-11)20-10-13-12-4-2-3-5-16(12)21-17(13)9-19/h2-8H,9-10,19H2,1H3. The monoisotopic (exact) mass is 301 g/mol. The number of nitrogens with two attached hydrogens (primary N) is 1. The Morgan fingerprint density at radius 3 is 2.81 bits per heavy atom. The summed E-state index contributed by atoms with van der Waals surface area (Å²) in [6.45, 7) is 2.71. The molecule has 2 N–H and O–H groups in total. The van der Waals surface area contributed by atoms with E-state index in [0.29, 0.717) is 13.2 Å². The van der Waals surface area contributed by atoms with Crippen molar-refractivity contribution in [3.8, 4) is 5.75 Å². The van der Waals surface area contributed by atoms with Crippen LogP contribution in [0.1, 0.15) is 16.0 Å². The summed E-state index contributed by atoms with van der Waals surface area (Å²) in [6, 6.07) is 13.0. The molecule has 108 valence electrons. The van der Waals surface area contributed by atoms with Crippen molar-refractivity contribution >= 4 is 21.4 Å². The van der Waals surface area contributed by atoms with Gasteiger partial charge in [0.25, 0.3) is 0 Å². The smallest absolute Gasteiger partial charge is 0.165 e. The number of ether oxygens (including phenoxy) is 1. The quantitative estimate of drug-likeness (QED) is 0.776. The number of hydrogen-bond donors (Lipinski definition) is 1. The van der Waals surface area contributed by atoms with Crippen LogP contribution in [0.5, 0.6) is 5.75 Å². The Bertz CT molecular complexity index is 782. The second-order valence-electron chi connectivity index (χ2n) is 4.93. The zero-order valence-electron chi connectivity index (χ0n) is 11.7. The Balaban J connectivity index is 1.93. The third-order valence-electron chi connectivity index (χ3n) is 3.43. The number of benzene rings is 2. The van der Waals surface area contributed by atoms with E-state index in [4.69, 9.17) is 10.5 Å². The summed E-state index contributed by atoms with van der Waals surface area (Å²) >= 11 is 1.67. The Morgan fingerprint density at radius 1 is 1.19 bits per heavy atom. The van der Waals surface area contributed by atoms with Crippen LogP contribution in [0.3, 0.4) is 0 Å². The summed E-state index contributed by atoms with van der Waals surface area (Å²) in [5.41, 5.74) is 7.85. The number of halogens is 1. The molecule has 2 nitrogen and oxygen atoms in total. The third kappa shape index (κ3) is 2.77. The number of fused-ring (bicyclic) bond motifs is 1. The predicted molar refractivity (Wildman–Crippen MR) is 85.2 cm³/mol. The molecule has 21 heavy (non-hydrogen) atoms. The van der Waals surface area contributed by atoms with Crippen LogP contribution in [0, 0.1) is 12.7 Å². The van der Waals surface area contributed by atoms with E-state index in [1.807, 2.05) is 19.1 Å². The molecule has 0 atom stereocenters. The molecule has 3 aromatic rings. The minimum Gasteiger partial charge on any atom is -0.486 e. The van der Waals surface area contributed by atoms with Gasteiger partial charge < -0.3 is 10.5 Å². The van der Waals surface area contributed by atoms with Crippen molar-refractivity contribution in [1.29, 1.82) is 0 Å². The molecule has 0 aliphatic rings. The largest absolute Gasteiger partial charge is 0.486 e. The van der Waals surface area contributed by atoms with Gasteiger partial charge in [-0.15, -0.1) is 11.3 Å². The maximum Gasteiger partial charge on any atom is 0.165 e. The molecule has 3 rings (SSSR count). The van der Waals surface area contributed by atoms with Crippen LogP contribution < -0.4 is 10.5 Å². The van der Waals surface area contributed by atoms with E-state index in [2.05, 4.69) is 12.1 Å². The van der Waals surface area contributed by atoms with E-state index >= 15 is 0 Å². The lowest BCUT2D eigenvalue weighted by molar-refractivity contribution is 0.291. The highest BCUT2D eigenvalue weighted by molar-refractivity contribution is 7.19. The van der Waals surface area contributed by atoms with Crippen LogP contribution in [0.15, 0.2) is 42.5 Å². The summed E-state index contributed by atoms with van der Waals surface area (Å²) in [4.78, 5) is 1.09. The SMILES string of the molecule is Cc1ccc(F)c(OCc2c(CN)sc3ccccc23)c1. The lowest BCUT2D eigenvalue weighted by Gasteiger charge is -2.09. The molecule has 0 aliphatic carbocycles. The molecule has 0 radical (unpaired) electrons. The first-order valence-corrected chi connectivity index (χ1v) is 7.59. The van der Waals surface area contributed by atoms with Crippen LogP contribution in [0.25, 0.3) is 10.1 Å². The fourth-order valence-corrected chi connectivity index (χ4v) is 3.43. The molecule has 1 heterocycles. The highest BCUT2D eigenvalue weighted by atomic mass is 32.1. The summed E-state index contributed by atoms with van der Waals surface area (Å²) in [5, 5.41) is 1.14. The Labute approximate surface area is 127 Å². The maximum atomic E-state index is 13.7. The molecule has 0 saturated heterocycles. The molecule has 0 saturated carbocycles. The maximum absolute atomic E-state index is 13.7. The molecular weight excluding hydrogens is 285 g/mol. The van der Waals surface area contributed by atoms with Crippen LogP contribution in [-0.4, -0.2) is 0 Å². The van der Waals surface area contributed by atoms with E-state index in [1.165, 1.54) is 10.8 Å². The zero-order valence-corrected chi connectivity index (χ0v) is 12.5. The van der Waals surface area contributed by atoms with Gasteiger partial charge in [0.2, 0.25) is 0 Å². The van der Waals surface area contributed by atoms with Crippen molar-refractivity contribution in [2.75, 3.05) is 0 Å². The molecule has 0 aliphatic heterocycles. The predicted octanol–water partition coefficient (Wildman–Crippen LogP) is 4.39. The molecule has 0 spiro atoms. The molecule has 0 bridgehead atoms. The lowest BCUT2D eigenvalue weighted by atomic mass is 10.1. The van der Waals surface area contributed by atoms with E-state index in [1.54, 1.807) is 23.5 Å². The average molecular weight is 301 g/mol. The minimum atomic E-state index is -0.338. The van der Waals surface area contributed by atoms with Crippen molar-refractivity contribution in [3.05, 3.63) is 64.3 Å². The molecule has 2 aromatic carbocycles. The normalized spacial score (nSPS) is 11.0. The lowest BCUT2D eigenvalue weighted by Crippen LogP contribution is -2.02. The molecule has 4 heteroatoms.